The number of aromatic carboxylic acids is 1. The Hall–Kier alpha value is -1.82. The molecule has 6 rings (SSSR count). The predicted octanol–water partition coefficient (Wildman–Crippen LogP) is 5.78. The number of nitrogens with one attached hydrogen (secondary N) is 2. The van der Waals surface area contributed by atoms with Crippen LogP contribution in [-0.4, -0.2) is 41.8 Å². The fourth-order valence-corrected chi connectivity index (χ4v) is 6.74. The Morgan fingerprint density at radius 2 is 1.02 bits per heavy atom. The van der Waals surface area contributed by atoms with Crippen LogP contribution in [-0.2, 0) is 30.4 Å². The van der Waals surface area contributed by atoms with E-state index in [1.54, 1.807) is 45.0 Å². The summed E-state index contributed by atoms with van der Waals surface area (Å²) in [7, 11) is 1.31. The molecule has 0 spiro atoms. The number of carbonyl (C=O) groups is 2. The average molecular weight is 771 g/mol. The molecule has 0 radical (unpaired) electrons. The van der Waals surface area contributed by atoms with Crippen LogP contribution in [0.3, 0.4) is 0 Å². The van der Waals surface area contributed by atoms with E-state index in [-0.39, 0.29) is 89.7 Å². The molecule has 49 heavy (non-hydrogen) atoms. The van der Waals surface area contributed by atoms with E-state index in [1.807, 2.05) is 24.3 Å². The van der Waals surface area contributed by atoms with Crippen LogP contribution in [0, 0.1) is 0 Å². The molecule has 0 amide bonds. The molecule has 3 N–H and O–H groups in total. The number of hydrogen-bond acceptors (Lipinski definition) is 6. The first-order valence-corrected chi connectivity index (χ1v) is 16.8. The van der Waals surface area contributed by atoms with Gasteiger partial charge in [0.05, 0.1) is 49.7 Å². The molecule has 0 saturated heterocycles. The number of carboxylic acids is 1. The predicted molar refractivity (Wildman–Crippen MR) is 193 cm³/mol. The van der Waals surface area contributed by atoms with Crippen LogP contribution in [0.4, 0.5) is 11.4 Å². The van der Waals surface area contributed by atoms with Crippen LogP contribution >= 0.6 is 46.4 Å². The standard InChI is InChI=1S/C17H15Cl2NO2.C16H13Cl2NO2.C4H9O.K/c1-22-17(21)15-13(18)6-7-14(16(15)19)20-12-8-10-4-2-3-5-11(10)9-12;17-12-5-6-13(15(18)14(12)16(20)21)19-11-7-9-3-1-2-4-10(9)8-11;1-4(2,3)5;/h2-7,12,20H,8-9H2,1H3;1-6,11,19H,7-8H2,(H,20,21);1-3H3;/q;;-1;+1. The van der Waals surface area contributed by atoms with Gasteiger partial charge in [-0.05, 0) is 72.2 Å². The molecule has 0 fully saturated rings. The fraction of sp³-hybridized carbons (Fsp3) is 0.297. The van der Waals surface area contributed by atoms with Gasteiger partial charge in [-0.15, -0.1) is 5.60 Å². The molecule has 2 aliphatic carbocycles. The molecule has 12 heteroatoms. The molecule has 0 bridgehead atoms. The van der Waals surface area contributed by atoms with Gasteiger partial charge in [-0.25, -0.2) is 9.59 Å². The summed E-state index contributed by atoms with van der Waals surface area (Å²) in [5, 5.41) is 26.9. The van der Waals surface area contributed by atoms with Crippen molar-refractivity contribution in [3.63, 3.8) is 0 Å². The molecule has 0 aliphatic heterocycles. The molecule has 0 saturated carbocycles. The second kappa shape index (κ2) is 18.6. The minimum absolute atomic E-state index is 0. The van der Waals surface area contributed by atoms with Gasteiger partial charge in [0.25, 0.3) is 0 Å². The van der Waals surface area contributed by atoms with Crippen molar-refractivity contribution < 1.29 is 75.9 Å². The van der Waals surface area contributed by atoms with Crippen molar-refractivity contribution in [1.29, 1.82) is 0 Å². The first-order valence-electron chi connectivity index (χ1n) is 15.3. The SMILES string of the molecule is CC(C)(C)[O-].COC(=O)c1c(Cl)ccc(NC2Cc3ccccc3C2)c1Cl.O=C(O)c1c(Cl)ccc(NC2Cc3ccccc3C2)c1Cl.[K+]. The van der Waals surface area contributed by atoms with E-state index in [1.165, 1.54) is 29.4 Å². The molecule has 0 heterocycles. The molecule has 254 valence electrons. The number of benzene rings is 4. The normalized spacial score (nSPS) is 13.4. The number of hydrogen-bond donors (Lipinski definition) is 3. The van der Waals surface area contributed by atoms with Gasteiger partial charge in [0.1, 0.15) is 0 Å². The van der Waals surface area contributed by atoms with E-state index in [4.69, 9.17) is 51.1 Å². The second-order valence-corrected chi connectivity index (χ2v) is 14.1. The Kier molecular flexibility index (Phi) is 15.8. The van der Waals surface area contributed by atoms with Crippen molar-refractivity contribution in [2.45, 2.75) is 64.1 Å². The van der Waals surface area contributed by atoms with Crippen molar-refractivity contribution in [3.05, 3.63) is 126 Å². The van der Waals surface area contributed by atoms with Gasteiger partial charge in [-0.3, -0.25) is 0 Å². The Morgan fingerprint density at radius 1 is 0.694 bits per heavy atom. The Morgan fingerprint density at radius 3 is 1.35 bits per heavy atom. The number of ether oxygens (including phenoxy) is 1. The summed E-state index contributed by atoms with van der Waals surface area (Å²) in [6, 6.07) is 23.8. The van der Waals surface area contributed by atoms with Crippen LogP contribution in [0.1, 0.15) is 63.7 Å². The second-order valence-electron chi connectivity index (χ2n) is 12.5. The van der Waals surface area contributed by atoms with Crippen molar-refractivity contribution in [2.75, 3.05) is 17.7 Å². The van der Waals surface area contributed by atoms with E-state index in [2.05, 4.69) is 34.9 Å². The van der Waals surface area contributed by atoms with E-state index in [9.17, 15) is 19.8 Å². The molecular formula is C37H37Cl4KN2O5. The third-order valence-corrected chi connectivity index (χ3v) is 9.02. The third-order valence-electron chi connectivity index (χ3n) is 7.61. The van der Waals surface area contributed by atoms with Gasteiger partial charge in [-0.1, -0.05) is 116 Å². The molecule has 2 aliphatic rings. The van der Waals surface area contributed by atoms with E-state index >= 15 is 0 Å². The average Bonchev–Trinajstić information content (AvgIpc) is 3.62. The number of anilines is 2. The fourth-order valence-electron chi connectivity index (χ4n) is 5.57. The van der Waals surface area contributed by atoms with Gasteiger partial charge in [-0.2, -0.15) is 0 Å². The summed E-state index contributed by atoms with van der Waals surface area (Å²) in [4.78, 5) is 23.0. The third kappa shape index (κ3) is 11.6. The monoisotopic (exact) mass is 768 g/mol. The van der Waals surface area contributed by atoms with Crippen molar-refractivity contribution in [1.82, 2.24) is 0 Å². The van der Waals surface area contributed by atoms with Crippen LogP contribution < -0.4 is 67.1 Å². The number of carbonyl (C=O) groups excluding carboxylic acids is 1. The molecule has 4 aromatic carbocycles. The topological polar surface area (TPSA) is 111 Å². The first-order chi connectivity index (χ1) is 22.7. The number of rotatable bonds is 6. The first kappa shape index (κ1) is 41.6. The van der Waals surface area contributed by atoms with Crippen molar-refractivity contribution >= 4 is 69.7 Å². The molecule has 4 aromatic rings. The summed E-state index contributed by atoms with van der Waals surface area (Å²) in [6.07, 6.45) is 3.67. The summed E-state index contributed by atoms with van der Waals surface area (Å²) in [6.45, 7) is 4.90. The summed E-state index contributed by atoms with van der Waals surface area (Å²) in [5.41, 5.74) is 6.03. The smallest absolute Gasteiger partial charge is 0.850 e. The maximum absolute atomic E-state index is 11.8. The Labute approximate surface area is 350 Å². The zero-order valence-corrected chi connectivity index (χ0v) is 34.2. The van der Waals surface area contributed by atoms with Gasteiger partial charge in [0.15, 0.2) is 0 Å². The maximum Gasteiger partial charge on any atom is 1.00 e. The summed E-state index contributed by atoms with van der Waals surface area (Å²) >= 11 is 24.4. The number of halogens is 4. The number of methoxy groups -OCH3 is 1. The van der Waals surface area contributed by atoms with E-state index in [0.29, 0.717) is 16.4 Å². The molecule has 0 unspecified atom stereocenters. The van der Waals surface area contributed by atoms with Gasteiger partial charge < -0.3 is 25.6 Å². The summed E-state index contributed by atoms with van der Waals surface area (Å²) < 4.78 is 4.74. The number of carboxylic acid groups (broad SMARTS) is 1. The van der Waals surface area contributed by atoms with E-state index < -0.39 is 17.5 Å². The zero-order valence-electron chi connectivity index (χ0n) is 28.0. The number of fused-ring (bicyclic) bond motifs is 2. The van der Waals surface area contributed by atoms with E-state index in [0.717, 1.165) is 25.7 Å². The van der Waals surface area contributed by atoms with Crippen LogP contribution in [0.2, 0.25) is 20.1 Å². The molecule has 0 aromatic heterocycles. The van der Waals surface area contributed by atoms with Crippen LogP contribution in [0.5, 0.6) is 0 Å². The minimum atomic E-state index is -1.12. The summed E-state index contributed by atoms with van der Waals surface area (Å²) in [5.74, 6) is -1.66. The quantitative estimate of drug-likeness (QED) is 0.169. The maximum atomic E-state index is 11.8. The van der Waals surface area contributed by atoms with Crippen LogP contribution in [0.25, 0.3) is 0 Å². The minimum Gasteiger partial charge on any atom is -0.850 e. The van der Waals surface area contributed by atoms with Crippen LogP contribution in [0.15, 0.2) is 72.8 Å². The van der Waals surface area contributed by atoms with Gasteiger partial charge in [0, 0.05) is 12.1 Å². The van der Waals surface area contributed by atoms with Gasteiger partial charge in [0.2, 0.25) is 0 Å². The number of esters is 1. The largest absolute Gasteiger partial charge is 1.00 e. The van der Waals surface area contributed by atoms with Crippen molar-refractivity contribution in [2.24, 2.45) is 0 Å². The van der Waals surface area contributed by atoms with Crippen molar-refractivity contribution in [3.8, 4) is 0 Å². The molecule has 7 nitrogen and oxygen atoms in total. The Bertz CT molecular complexity index is 1740. The van der Waals surface area contributed by atoms with Gasteiger partial charge >= 0.3 is 63.3 Å². The Balaban J connectivity index is 0.000000230. The zero-order chi connectivity index (χ0) is 35.2. The molecular weight excluding hydrogens is 733 g/mol. The molecule has 0 atom stereocenters.